The Morgan fingerprint density at radius 3 is 2.65 bits per heavy atom. The molecule has 0 aromatic heterocycles. The number of nitrogens with zero attached hydrogens (tertiary/aromatic N) is 1. The molecule has 4 nitrogen and oxygen atoms in total. The third-order valence-electron chi connectivity index (χ3n) is 3.52. The molecule has 3 atom stereocenters. The average Bonchev–Trinajstić information content (AvgIpc) is 2.42. The Kier molecular flexibility index (Phi) is 10.9. The number of guanidine groups is 1. The summed E-state index contributed by atoms with van der Waals surface area (Å²) in [5, 5.41) is 7.17. The lowest BCUT2D eigenvalue weighted by molar-refractivity contribution is 0.412. The summed E-state index contributed by atoms with van der Waals surface area (Å²) in [7, 11) is 1.14. The molecule has 0 aromatic carbocycles. The summed E-state index contributed by atoms with van der Waals surface area (Å²) >= 11 is 0. The lowest BCUT2D eigenvalue weighted by Crippen LogP contribution is -2.47. The van der Waals surface area contributed by atoms with Crippen molar-refractivity contribution < 1.29 is 4.21 Å². The third kappa shape index (κ3) is 7.24. The molecule has 1 saturated carbocycles. The molecule has 1 aliphatic rings. The van der Waals surface area contributed by atoms with Crippen LogP contribution >= 0.6 is 24.0 Å². The molecule has 0 heterocycles. The van der Waals surface area contributed by atoms with Crippen molar-refractivity contribution in [1.82, 2.24) is 10.6 Å². The fourth-order valence-corrected chi connectivity index (χ4v) is 3.79. The van der Waals surface area contributed by atoms with Gasteiger partial charge in [0.25, 0.3) is 0 Å². The zero-order chi connectivity index (χ0) is 14.3. The molecule has 6 heteroatoms. The van der Waals surface area contributed by atoms with Gasteiger partial charge in [0.2, 0.25) is 0 Å². The standard InChI is InChI=1S/C14H29N3OS.HI/c1-5-19(18)13-8-6-7-12(9-13)17-14(15-4)16-10-11(2)3;/h11-13H,5-10H2,1-4H3,(H2,15,16,17);1H. The molecule has 1 rings (SSSR count). The van der Waals surface area contributed by atoms with Crippen molar-refractivity contribution in [3.63, 3.8) is 0 Å². The smallest absolute Gasteiger partial charge is 0.191 e. The van der Waals surface area contributed by atoms with E-state index in [0.29, 0.717) is 17.2 Å². The summed E-state index contributed by atoms with van der Waals surface area (Å²) in [4.78, 5) is 4.26. The van der Waals surface area contributed by atoms with E-state index in [2.05, 4.69) is 29.5 Å². The van der Waals surface area contributed by atoms with Crippen molar-refractivity contribution in [2.75, 3.05) is 19.3 Å². The maximum atomic E-state index is 11.9. The van der Waals surface area contributed by atoms with Crippen molar-refractivity contribution in [2.45, 2.75) is 57.7 Å². The maximum absolute atomic E-state index is 11.9. The quantitative estimate of drug-likeness (QED) is 0.412. The first-order chi connectivity index (χ1) is 9.06. The van der Waals surface area contributed by atoms with E-state index < -0.39 is 10.8 Å². The summed E-state index contributed by atoms with van der Waals surface area (Å²) in [6, 6.07) is 0.410. The zero-order valence-electron chi connectivity index (χ0n) is 13.1. The van der Waals surface area contributed by atoms with Gasteiger partial charge in [-0.1, -0.05) is 27.2 Å². The van der Waals surface area contributed by atoms with Gasteiger partial charge in [0.05, 0.1) is 0 Å². The number of hydrogen-bond donors (Lipinski definition) is 2. The van der Waals surface area contributed by atoms with Gasteiger partial charge in [-0.25, -0.2) is 0 Å². The number of halogens is 1. The van der Waals surface area contributed by atoms with Gasteiger partial charge in [0.15, 0.2) is 5.96 Å². The van der Waals surface area contributed by atoms with Crippen LogP contribution in [0.5, 0.6) is 0 Å². The van der Waals surface area contributed by atoms with E-state index in [9.17, 15) is 4.21 Å². The van der Waals surface area contributed by atoms with Crippen LogP contribution in [0.1, 0.15) is 46.5 Å². The van der Waals surface area contributed by atoms with Crippen LogP contribution in [0.3, 0.4) is 0 Å². The average molecular weight is 415 g/mol. The first kappa shape index (κ1) is 20.1. The van der Waals surface area contributed by atoms with Crippen LogP contribution in [-0.4, -0.2) is 40.8 Å². The van der Waals surface area contributed by atoms with Crippen molar-refractivity contribution in [2.24, 2.45) is 10.9 Å². The SMILES string of the molecule is CCS(=O)C1CCCC(NC(=NC)NCC(C)C)C1.I. The molecule has 2 N–H and O–H groups in total. The number of rotatable bonds is 5. The summed E-state index contributed by atoms with van der Waals surface area (Å²) in [6.45, 7) is 7.30. The Bertz CT molecular complexity index is 324. The Labute approximate surface area is 143 Å². The van der Waals surface area contributed by atoms with Crippen molar-refractivity contribution in [3.8, 4) is 0 Å². The molecule has 1 aliphatic carbocycles. The molecule has 0 saturated heterocycles. The number of aliphatic imine (C=N–C) groups is 1. The fourth-order valence-electron chi connectivity index (χ4n) is 2.44. The number of hydrogen-bond acceptors (Lipinski definition) is 2. The van der Waals surface area contributed by atoms with E-state index in [1.165, 1.54) is 0 Å². The van der Waals surface area contributed by atoms with Crippen LogP contribution in [0, 0.1) is 5.92 Å². The lowest BCUT2D eigenvalue weighted by Gasteiger charge is -2.30. The second-order valence-electron chi connectivity index (χ2n) is 5.65. The highest BCUT2D eigenvalue weighted by molar-refractivity contribution is 14.0. The van der Waals surface area contributed by atoms with Crippen LogP contribution in [0.2, 0.25) is 0 Å². The highest BCUT2D eigenvalue weighted by Crippen LogP contribution is 2.22. The topological polar surface area (TPSA) is 53.5 Å². The molecular weight excluding hydrogens is 385 g/mol. The summed E-state index contributed by atoms with van der Waals surface area (Å²) in [5.41, 5.74) is 0. The van der Waals surface area contributed by atoms with Crippen molar-refractivity contribution in [3.05, 3.63) is 0 Å². The van der Waals surface area contributed by atoms with Crippen LogP contribution in [-0.2, 0) is 10.8 Å². The van der Waals surface area contributed by atoms with E-state index in [4.69, 9.17) is 0 Å². The van der Waals surface area contributed by atoms with Crippen LogP contribution in [0.4, 0.5) is 0 Å². The molecule has 0 radical (unpaired) electrons. The summed E-state index contributed by atoms with van der Waals surface area (Å²) in [6.07, 6.45) is 4.43. The minimum absolute atomic E-state index is 0. The van der Waals surface area contributed by atoms with E-state index in [-0.39, 0.29) is 24.0 Å². The van der Waals surface area contributed by atoms with Crippen LogP contribution < -0.4 is 10.6 Å². The maximum Gasteiger partial charge on any atom is 0.191 e. The van der Waals surface area contributed by atoms with Crippen molar-refractivity contribution >= 4 is 40.7 Å². The van der Waals surface area contributed by atoms with Crippen LogP contribution in [0.25, 0.3) is 0 Å². The van der Waals surface area contributed by atoms with E-state index >= 15 is 0 Å². The van der Waals surface area contributed by atoms with E-state index in [1.807, 2.05) is 6.92 Å². The molecule has 1 fully saturated rings. The van der Waals surface area contributed by atoms with Gasteiger partial charge in [0.1, 0.15) is 0 Å². The largest absolute Gasteiger partial charge is 0.356 e. The van der Waals surface area contributed by atoms with Gasteiger partial charge in [-0.05, 0) is 25.2 Å². The molecule has 0 aliphatic heterocycles. The number of nitrogens with one attached hydrogen (secondary N) is 2. The molecule has 20 heavy (non-hydrogen) atoms. The molecule has 0 spiro atoms. The van der Waals surface area contributed by atoms with Gasteiger partial charge in [-0.15, -0.1) is 24.0 Å². The predicted octanol–water partition coefficient (Wildman–Crippen LogP) is 2.51. The van der Waals surface area contributed by atoms with Crippen molar-refractivity contribution in [1.29, 1.82) is 0 Å². The van der Waals surface area contributed by atoms with E-state index in [0.717, 1.165) is 43.9 Å². The molecular formula is C14H30IN3OS. The minimum Gasteiger partial charge on any atom is -0.356 e. The third-order valence-corrected chi connectivity index (χ3v) is 5.27. The Morgan fingerprint density at radius 2 is 2.10 bits per heavy atom. The first-order valence-corrected chi connectivity index (χ1v) is 8.79. The predicted molar refractivity (Wildman–Crippen MR) is 99.5 cm³/mol. The summed E-state index contributed by atoms with van der Waals surface area (Å²) < 4.78 is 11.9. The highest BCUT2D eigenvalue weighted by Gasteiger charge is 2.25. The van der Waals surface area contributed by atoms with Gasteiger partial charge in [-0.3, -0.25) is 9.20 Å². The Hall–Kier alpha value is 0.150. The molecule has 120 valence electrons. The summed E-state index contributed by atoms with van der Waals surface area (Å²) in [5.74, 6) is 2.25. The van der Waals surface area contributed by atoms with Gasteiger partial charge >= 0.3 is 0 Å². The molecule has 3 unspecified atom stereocenters. The van der Waals surface area contributed by atoms with Gasteiger partial charge in [-0.2, -0.15) is 0 Å². The first-order valence-electron chi connectivity index (χ1n) is 7.41. The minimum atomic E-state index is -0.662. The Balaban J connectivity index is 0.00000361. The fraction of sp³-hybridized carbons (Fsp3) is 0.929. The second-order valence-corrected chi connectivity index (χ2v) is 7.65. The second kappa shape index (κ2) is 10.8. The van der Waals surface area contributed by atoms with Gasteiger partial charge < -0.3 is 10.6 Å². The zero-order valence-corrected chi connectivity index (χ0v) is 16.3. The highest BCUT2D eigenvalue weighted by atomic mass is 127. The van der Waals surface area contributed by atoms with E-state index in [1.54, 1.807) is 7.05 Å². The van der Waals surface area contributed by atoms with Crippen LogP contribution in [0.15, 0.2) is 4.99 Å². The molecule has 0 aromatic rings. The Morgan fingerprint density at radius 1 is 1.40 bits per heavy atom. The monoisotopic (exact) mass is 415 g/mol. The lowest BCUT2D eigenvalue weighted by atomic mass is 9.95. The molecule has 0 amide bonds. The molecule has 0 bridgehead atoms. The van der Waals surface area contributed by atoms with Gasteiger partial charge in [0, 0.05) is 41.4 Å². The normalized spacial score (nSPS) is 24.9.